The van der Waals surface area contributed by atoms with Gasteiger partial charge in [0.2, 0.25) is 0 Å². The van der Waals surface area contributed by atoms with Gasteiger partial charge in [-0.05, 0) is 61.7 Å². The molecule has 5 fully saturated rings. The molecule has 4 bridgehead atoms. The van der Waals surface area contributed by atoms with Gasteiger partial charge in [-0.15, -0.1) is 0 Å². The van der Waals surface area contributed by atoms with Crippen LogP contribution in [-0.2, 0) is 14.3 Å². The molecule has 0 radical (unpaired) electrons. The fourth-order valence-corrected chi connectivity index (χ4v) is 10.4. The van der Waals surface area contributed by atoms with Crippen molar-refractivity contribution in [2.75, 3.05) is 19.6 Å². The van der Waals surface area contributed by atoms with E-state index in [2.05, 4.69) is 31.7 Å². The summed E-state index contributed by atoms with van der Waals surface area (Å²) in [7, 11) is 0. The molecule has 200 valence electrons. The third kappa shape index (κ3) is 2.93. The van der Waals surface area contributed by atoms with Gasteiger partial charge in [0, 0.05) is 37.9 Å². The van der Waals surface area contributed by atoms with Crippen LogP contribution in [0.1, 0.15) is 72.1 Å². The van der Waals surface area contributed by atoms with Crippen molar-refractivity contribution in [3.8, 4) is 0 Å². The van der Waals surface area contributed by atoms with Gasteiger partial charge in [-0.1, -0.05) is 38.8 Å². The molecule has 0 aromatic heterocycles. The molecule has 3 saturated carbocycles. The van der Waals surface area contributed by atoms with Gasteiger partial charge in [-0.3, -0.25) is 4.79 Å². The van der Waals surface area contributed by atoms with Crippen molar-refractivity contribution in [1.29, 1.82) is 0 Å². The van der Waals surface area contributed by atoms with E-state index in [0.717, 1.165) is 44.0 Å². The number of carbonyl (C=O) groups is 2. The highest BCUT2D eigenvalue weighted by Gasteiger charge is 2.86. The van der Waals surface area contributed by atoms with Crippen LogP contribution in [0, 0.1) is 45.8 Å². The van der Waals surface area contributed by atoms with Gasteiger partial charge in [0.15, 0.2) is 0 Å². The van der Waals surface area contributed by atoms with Gasteiger partial charge in [-0.2, -0.15) is 0 Å². The number of hydrogen-bond donors (Lipinski definition) is 1. The van der Waals surface area contributed by atoms with Crippen LogP contribution in [0.25, 0.3) is 0 Å². The van der Waals surface area contributed by atoms with Crippen molar-refractivity contribution >= 4 is 12.3 Å². The normalized spacial score (nSPS) is 49.3. The van der Waals surface area contributed by atoms with E-state index in [-0.39, 0.29) is 42.8 Å². The smallest absolute Gasteiger partial charge is 0.315 e. The predicted octanol–water partition coefficient (Wildman–Crippen LogP) is 5.19. The Hall–Kier alpha value is -1.34. The summed E-state index contributed by atoms with van der Waals surface area (Å²) in [4.78, 5) is 28.9. The summed E-state index contributed by atoms with van der Waals surface area (Å²) in [6.45, 7) is 7.78. The summed E-state index contributed by atoms with van der Waals surface area (Å²) in [6, 6.07) is 0. The Morgan fingerprint density at radius 1 is 1.19 bits per heavy atom. The Bertz CT molecular complexity index is 972. The molecule has 9 atom stereocenters. The molecule has 0 spiro atoms. The number of fused-ring (bicyclic) bond motifs is 2. The van der Waals surface area contributed by atoms with Crippen LogP contribution in [0.4, 0.5) is 8.78 Å². The maximum atomic E-state index is 13.7. The second-order valence-corrected chi connectivity index (χ2v) is 13.4. The second kappa shape index (κ2) is 8.08. The fraction of sp³-hybridized carbons (Fsp3) is 0.862. The second-order valence-electron chi connectivity index (χ2n) is 13.4. The van der Waals surface area contributed by atoms with Crippen LogP contribution in [0.15, 0.2) is 11.6 Å². The molecule has 0 aromatic rings. The number of halogens is 2. The Kier molecular flexibility index (Phi) is 5.60. The predicted molar refractivity (Wildman–Crippen MR) is 131 cm³/mol. The summed E-state index contributed by atoms with van der Waals surface area (Å²) < 4.78 is 34.1. The molecular formula is C29H41F2NO4. The van der Waals surface area contributed by atoms with Crippen LogP contribution < -0.4 is 0 Å². The van der Waals surface area contributed by atoms with Gasteiger partial charge >= 0.3 is 5.97 Å². The number of hydrogen-bond acceptors (Lipinski definition) is 4. The zero-order valence-corrected chi connectivity index (χ0v) is 21.8. The number of aldehydes is 1. The van der Waals surface area contributed by atoms with Crippen molar-refractivity contribution in [2.45, 2.75) is 90.3 Å². The Morgan fingerprint density at radius 2 is 1.92 bits per heavy atom. The molecule has 1 N–H and O–H groups in total. The van der Waals surface area contributed by atoms with E-state index in [0.29, 0.717) is 37.9 Å². The number of carbonyl (C=O) groups excluding carboxylic acids is 1. The number of rotatable bonds is 6. The first-order valence-corrected chi connectivity index (χ1v) is 14.2. The van der Waals surface area contributed by atoms with Crippen LogP contribution in [0.3, 0.4) is 0 Å². The largest absolute Gasteiger partial charge is 0.481 e. The first-order valence-electron chi connectivity index (χ1n) is 14.2. The summed E-state index contributed by atoms with van der Waals surface area (Å²) in [6.07, 6.45) is 7.80. The standard InChI is InChI=1S/C29H41F2NO4/c1-17(2)23-12-19-13-26(16-33)22-6-4-18(3)21(22)14-28(19,29(23,26)25(34)35)24-7-5-20(36-24)15-32-10-8-27(30,31)9-11-32/h12,16-22,24H,4-11,13-15H2,1-3H3,(H,34,35)/t18-,19?,20?,21-,22-,24?,26?,28?,29?/m1/s1. The third-order valence-corrected chi connectivity index (χ3v) is 11.7. The van der Waals surface area contributed by atoms with Crippen LogP contribution in [0.5, 0.6) is 0 Å². The number of carboxylic acid groups (broad SMARTS) is 1. The SMILES string of the molecule is CC(C)C1=CC2CC3(C=O)[C@@H]4CC[C@@H](C)[C@H]4CC2(C2CCC(CN4CCC(F)(F)CC4)O2)C13C(=O)O. The van der Waals surface area contributed by atoms with Crippen molar-refractivity contribution in [3.05, 3.63) is 11.6 Å². The highest BCUT2D eigenvalue weighted by molar-refractivity contribution is 5.90. The number of alkyl halides is 2. The molecule has 2 aliphatic heterocycles. The van der Waals surface area contributed by atoms with Crippen molar-refractivity contribution in [2.24, 2.45) is 45.8 Å². The van der Waals surface area contributed by atoms with Gasteiger partial charge in [0.05, 0.1) is 17.6 Å². The van der Waals surface area contributed by atoms with Crippen molar-refractivity contribution in [3.63, 3.8) is 0 Å². The van der Waals surface area contributed by atoms with E-state index < -0.39 is 28.1 Å². The topological polar surface area (TPSA) is 66.8 Å². The quantitative estimate of drug-likeness (QED) is 0.398. The monoisotopic (exact) mass is 505 g/mol. The van der Waals surface area contributed by atoms with Crippen molar-refractivity contribution in [1.82, 2.24) is 4.90 Å². The van der Waals surface area contributed by atoms with Crippen LogP contribution in [-0.4, -0.2) is 60.0 Å². The van der Waals surface area contributed by atoms with E-state index in [1.165, 1.54) is 0 Å². The van der Waals surface area contributed by atoms with E-state index in [9.17, 15) is 23.5 Å². The molecule has 36 heavy (non-hydrogen) atoms. The molecule has 5 nitrogen and oxygen atoms in total. The highest BCUT2D eigenvalue weighted by atomic mass is 19.3. The fourth-order valence-electron chi connectivity index (χ4n) is 10.4. The lowest BCUT2D eigenvalue weighted by atomic mass is 9.41. The Morgan fingerprint density at radius 3 is 2.56 bits per heavy atom. The summed E-state index contributed by atoms with van der Waals surface area (Å²) in [5.41, 5.74) is -1.74. The molecule has 2 saturated heterocycles. The summed E-state index contributed by atoms with van der Waals surface area (Å²) >= 11 is 0. The number of aliphatic carboxylic acids is 1. The lowest BCUT2D eigenvalue weighted by Gasteiger charge is -2.60. The summed E-state index contributed by atoms with van der Waals surface area (Å²) in [5.74, 6) is -2.38. The minimum atomic E-state index is -2.57. The number of piperidine rings is 1. The van der Waals surface area contributed by atoms with E-state index in [4.69, 9.17) is 4.74 Å². The lowest BCUT2D eigenvalue weighted by molar-refractivity contribution is -0.197. The Labute approximate surface area is 213 Å². The molecule has 6 aliphatic rings. The van der Waals surface area contributed by atoms with Gasteiger partial charge in [-0.25, -0.2) is 8.78 Å². The van der Waals surface area contributed by atoms with Crippen LogP contribution in [0.2, 0.25) is 0 Å². The minimum Gasteiger partial charge on any atom is -0.481 e. The van der Waals surface area contributed by atoms with Gasteiger partial charge in [0.1, 0.15) is 11.7 Å². The average Bonchev–Trinajstić information content (AvgIpc) is 3.55. The first-order chi connectivity index (χ1) is 17.0. The molecule has 7 heteroatoms. The molecule has 0 amide bonds. The van der Waals surface area contributed by atoms with E-state index >= 15 is 0 Å². The number of nitrogens with zero attached hydrogens (tertiary/aromatic N) is 1. The summed E-state index contributed by atoms with van der Waals surface area (Å²) in [5, 5.41) is 11.2. The van der Waals surface area contributed by atoms with Gasteiger partial charge < -0.3 is 19.5 Å². The maximum absolute atomic E-state index is 13.7. The zero-order valence-electron chi connectivity index (χ0n) is 21.8. The number of carboxylic acids is 1. The van der Waals surface area contributed by atoms with Crippen LogP contribution >= 0.6 is 0 Å². The lowest BCUT2D eigenvalue weighted by Crippen LogP contribution is -2.65. The zero-order chi connectivity index (χ0) is 25.7. The molecule has 4 aliphatic carbocycles. The number of ether oxygens (including phenoxy) is 1. The van der Waals surface area contributed by atoms with Crippen molar-refractivity contribution < 1.29 is 28.2 Å². The van der Waals surface area contributed by atoms with Gasteiger partial charge in [0.25, 0.3) is 5.92 Å². The average molecular weight is 506 g/mol. The third-order valence-electron chi connectivity index (χ3n) is 11.7. The van der Waals surface area contributed by atoms with E-state index in [1.807, 2.05) is 0 Å². The first kappa shape index (κ1) is 25.0. The Balaban J connectivity index is 1.37. The maximum Gasteiger partial charge on any atom is 0.315 e. The molecule has 2 heterocycles. The molecule has 0 aromatic carbocycles. The molecular weight excluding hydrogens is 464 g/mol. The minimum absolute atomic E-state index is 0.0337. The van der Waals surface area contributed by atoms with E-state index in [1.54, 1.807) is 0 Å². The highest BCUT2D eigenvalue weighted by Crippen LogP contribution is 2.84. The number of likely N-dealkylation sites (tertiary alicyclic amines) is 1. The number of allylic oxidation sites excluding steroid dienone is 1. The molecule has 6 rings (SSSR count). The molecule has 6 unspecified atom stereocenters.